The summed E-state index contributed by atoms with van der Waals surface area (Å²) in [6.07, 6.45) is 0. The molecule has 0 rings (SSSR count). The van der Waals surface area contributed by atoms with Gasteiger partial charge in [0.05, 0.1) is 0 Å². The summed E-state index contributed by atoms with van der Waals surface area (Å²) in [4.78, 5) is 28.6. The minimum atomic E-state index is -3.63. The highest BCUT2D eigenvalue weighted by Gasteiger charge is 2.51. The summed E-state index contributed by atoms with van der Waals surface area (Å²) in [6, 6.07) is 0. The Balaban J connectivity index is 4.68. The van der Waals surface area contributed by atoms with E-state index in [4.69, 9.17) is 69.6 Å². The number of hydrogen-bond acceptors (Lipinski definition) is 6. The molecule has 0 N–H and O–H groups in total. The van der Waals surface area contributed by atoms with E-state index < -0.39 is 47.6 Å². The molecule has 6 nitrogen and oxygen atoms in total. The SMILES string of the molecule is O=C([O][Al]([O]C(=O)C(Cl)Cl)[O]C(=O)C(Cl)Cl)C(Cl)Cl. The molecule has 0 saturated heterocycles. The number of hydrogen-bond donors (Lipinski definition) is 0. The monoisotopic (exact) mass is 408 g/mol. The summed E-state index contributed by atoms with van der Waals surface area (Å²) in [6.45, 7) is 0. The van der Waals surface area contributed by atoms with E-state index in [0.717, 1.165) is 0 Å². The Morgan fingerprint density at radius 3 is 1.00 bits per heavy atom. The van der Waals surface area contributed by atoms with Crippen LogP contribution in [0.2, 0.25) is 0 Å². The molecule has 0 unspecified atom stereocenters. The first-order valence-corrected chi connectivity index (χ1v) is 8.14. The quantitative estimate of drug-likeness (QED) is 0.492. The predicted molar refractivity (Wildman–Crippen MR) is 70.5 cm³/mol. The zero-order chi connectivity index (χ0) is 15.2. The molecule has 0 spiro atoms. The van der Waals surface area contributed by atoms with Gasteiger partial charge in [0, 0.05) is 0 Å². The number of halogens is 6. The van der Waals surface area contributed by atoms with Crippen molar-refractivity contribution < 1.29 is 25.7 Å². The number of rotatable bonds is 6. The second-order valence-electron chi connectivity index (χ2n) is 2.50. The van der Waals surface area contributed by atoms with Crippen molar-refractivity contribution in [1.29, 1.82) is 0 Å². The van der Waals surface area contributed by atoms with Crippen LogP contribution in [0, 0.1) is 0 Å². The van der Waals surface area contributed by atoms with Crippen molar-refractivity contribution in [2.45, 2.75) is 14.5 Å². The van der Waals surface area contributed by atoms with E-state index in [1.54, 1.807) is 0 Å². The van der Waals surface area contributed by atoms with E-state index in [2.05, 4.69) is 11.4 Å². The highest BCUT2D eigenvalue weighted by Crippen LogP contribution is 2.12. The van der Waals surface area contributed by atoms with E-state index in [1.165, 1.54) is 0 Å². The lowest BCUT2D eigenvalue weighted by molar-refractivity contribution is -0.145. The van der Waals surface area contributed by atoms with Gasteiger partial charge in [-0.2, -0.15) is 0 Å². The van der Waals surface area contributed by atoms with Gasteiger partial charge in [-0.05, 0) is 0 Å². The zero-order valence-corrected chi connectivity index (χ0v) is 14.2. The normalized spacial score (nSPS) is 10.6. The standard InChI is InChI=1S/3C2H2Cl2O2.Al/c3*3-1(4)2(5)6;/h3*1H,(H,5,6);/q;;;+3/p-3. The Morgan fingerprint density at radius 1 is 0.632 bits per heavy atom. The van der Waals surface area contributed by atoms with E-state index in [1.807, 2.05) is 0 Å². The molecule has 0 fully saturated rings. The van der Waals surface area contributed by atoms with Crippen LogP contribution in [0.25, 0.3) is 0 Å². The highest BCUT2D eigenvalue weighted by molar-refractivity contribution is 6.59. The first-order chi connectivity index (χ1) is 8.65. The largest absolute Gasteiger partial charge is 1.20 e. The lowest BCUT2D eigenvalue weighted by Gasteiger charge is -2.14. The van der Waals surface area contributed by atoms with E-state index >= 15 is 0 Å². The van der Waals surface area contributed by atoms with E-state index in [0.29, 0.717) is 0 Å². The fraction of sp³-hybridized carbons (Fsp3) is 0.500. The minimum absolute atomic E-state index is 1.19. The molecule has 0 amide bonds. The minimum Gasteiger partial charge on any atom is -0.549 e. The molecule has 0 aliphatic heterocycles. The van der Waals surface area contributed by atoms with Gasteiger partial charge >= 0.3 is 33.1 Å². The van der Waals surface area contributed by atoms with Gasteiger partial charge in [-0.25, -0.2) is 0 Å². The van der Waals surface area contributed by atoms with Gasteiger partial charge < -0.3 is 11.4 Å². The molecular formula is C6H3AlCl6O6. The van der Waals surface area contributed by atoms with Gasteiger partial charge in [0.1, 0.15) is 0 Å². The second kappa shape index (κ2) is 9.59. The van der Waals surface area contributed by atoms with Gasteiger partial charge in [-0.1, -0.05) is 69.6 Å². The number of carbonyl (C=O) groups is 3. The lowest BCUT2D eigenvalue weighted by Crippen LogP contribution is -2.38. The van der Waals surface area contributed by atoms with Crippen molar-refractivity contribution in [3.05, 3.63) is 0 Å². The Hall–Kier alpha value is 0.682. The highest BCUT2D eigenvalue weighted by atomic mass is 35.5. The van der Waals surface area contributed by atoms with Crippen molar-refractivity contribution >= 4 is 103 Å². The Labute approximate surface area is 142 Å². The first kappa shape index (κ1) is 19.7. The average Bonchev–Trinajstić information content (AvgIpc) is 2.27. The van der Waals surface area contributed by atoms with E-state index in [9.17, 15) is 14.4 Å². The Morgan fingerprint density at radius 2 is 0.842 bits per heavy atom. The molecule has 108 valence electrons. The van der Waals surface area contributed by atoms with Crippen LogP contribution in [0.15, 0.2) is 0 Å². The molecule has 0 aromatic heterocycles. The van der Waals surface area contributed by atoms with Gasteiger partial charge in [-0.3, -0.25) is 14.4 Å². The molecule has 19 heavy (non-hydrogen) atoms. The summed E-state index contributed by atoms with van der Waals surface area (Å²) >= 11 is 27.6. The van der Waals surface area contributed by atoms with Crippen LogP contribution >= 0.6 is 69.6 Å². The van der Waals surface area contributed by atoms with Gasteiger partial charge in [0.15, 0.2) is 0 Å². The topological polar surface area (TPSA) is 78.9 Å². The van der Waals surface area contributed by atoms with E-state index in [-0.39, 0.29) is 0 Å². The van der Waals surface area contributed by atoms with Crippen molar-refractivity contribution in [2.75, 3.05) is 0 Å². The van der Waals surface area contributed by atoms with Crippen LogP contribution in [0.1, 0.15) is 0 Å². The fourth-order valence-electron chi connectivity index (χ4n) is 0.511. The molecule has 0 bridgehead atoms. The molecule has 0 aliphatic carbocycles. The summed E-state index contributed by atoms with van der Waals surface area (Å²) in [5, 5.41) is 0. The van der Waals surface area contributed by atoms with Crippen LogP contribution in [-0.4, -0.2) is 47.6 Å². The molecule has 0 radical (unpaired) electrons. The van der Waals surface area contributed by atoms with Crippen LogP contribution in [0.5, 0.6) is 0 Å². The molecule has 0 heterocycles. The van der Waals surface area contributed by atoms with Crippen LogP contribution in [-0.2, 0) is 25.7 Å². The number of alkyl halides is 6. The third kappa shape index (κ3) is 8.53. The second-order valence-corrected chi connectivity index (χ2v) is 7.07. The van der Waals surface area contributed by atoms with Crippen LogP contribution in [0.4, 0.5) is 0 Å². The first-order valence-electron chi connectivity index (χ1n) is 4.11. The molecule has 0 saturated carbocycles. The maximum Gasteiger partial charge on any atom is 1.20 e. The summed E-state index contributed by atoms with van der Waals surface area (Å²) in [7, 11) is 0. The summed E-state index contributed by atoms with van der Waals surface area (Å²) in [5.74, 6) is -3.58. The average molecular weight is 411 g/mol. The maximum atomic E-state index is 11.1. The fourth-order valence-corrected chi connectivity index (χ4v) is 2.46. The molecule has 0 aliphatic rings. The smallest absolute Gasteiger partial charge is 0.549 e. The van der Waals surface area contributed by atoms with Gasteiger partial charge in [-0.15, -0.1) is 0 Å². The zero-order valence-electron chi connectivity index (χ0n) is 8.53. The predicted octanol–water partition coefficient (Wildman–Crippen LogP) is 2.01. The molecular weight excluding hydrogens is 408 g/mol. The van der Waals surface area contributed by atoms with Crippen molar-refractivity contribution in [2.24, 2.45) is 0 Å². The van der Waals surface area contributed by atoms with Gasteiger partial charge in [0.25, 0.3) is 0 Å². The molecule has 13 heteroatoms. The van der Waals surface area contributed by atoms with Crippen LogP contribution in [0.3, 0.4) is 0 Å². The third-order valence-electron chi connectivity index (χ3n) is 1.17. The Kier molecular flexibility index (Phi) is 9.93. The molecule has 0 aromatic carbocycles. The number of carbonyl (C=O) groups excluding carboxylic acids is 3. The van der Waals surface area contributed by atoms with Crippen molar-refractivity contribution in [1.82, 2.24) is 0 Å². The van der Waals surface area contributed by atoms with Crippen LogP contribution < -0.4 is 0 Å². The maximum absolute atomic E-state index is 11.1. The molecule has 0 atom stereocenters. The summed E-state index contributed by atoms with van der Waals surface area (Å²) < 4.78 is 13.4. The molecule has 0 aromatic rings. The van der Waals surface area contributed by atoms with Gasteiger partial charge in [0.2, 0.25) is 14.5 Å². The lowest BCUT2D eigenvalue weighted by atomic mass is 10.8. The Bertz CT molecular complexity index is 297. The summed E-state index contributed by atoms with van der Waals surface area (Å²) in [5.41, 5.74) is 0. The van der Waals surface area contributed by atoms with Crippen molar-refractivity contribution in [3.8, 4) is 0 Å². The van der Waals surface area contributed by atoms with Crippen molar-refractivity contribution in [3.63, 3.8) is 0 Å². The third-order valence-corrected chi connectivity index (χ3v) is 3.51.